The van der Waals surface area contributed by atoms with E-state index in [-0.39, 0.29) is 11.3 Å². The fourth-order valence-corrected chi connectivity index (χ4v) is 2.23. The minimum atomic E-state index is 0.0431. The number of nitrogen functional groups attached to an aromatic ring is 1. The van der Waals surface area contributed by atoms with Gasteiger partial charge < -0.3 is 15.8 Å². The fraction of sp³-hybridized carbons (Fsp3) is 0.533. The summed E-state index contributed by atoms with van der Waals surface area (Å²) >= 11 is 0. The Balaban J connectivity index is 1.78. The van der Waals surface area contributed by atoms with Crippen molar-refractivity contribution >= 4 is 11.6 Å². The topological polar surface area (TPSA) is 64.3 Å². The summed E-state index contributed by atoms with van der Waals surface area (Å²) in [6.07, 6.45) is 3.75. The third kappa shape index (κ3) is 3.96. The molecule has 0 saturated heterocycles. The number of hydrogen-bond acceptors (Lipinski definition) is 3. The van der Waals surface area contributed by atoms with Gasteiger partial charge in [0.2, 0.25) is 5.91 Å². The summed E-state index contributed by atoms with van der Waals surface area (Å²) in [6.45, 7) is 1.52. The molecule has 4 heteroatoms. The van der Waals surface area contributed by atoms with E-state index in [1.165, 1.54) is 12.8 Å². The second-order valence-electron chi connectivity index (χ2n) is 5.40. The van der Waals surface area contributed by atoms with Crippen molar-refractivity contribution in [3.8, 4) is 0 Å². The number of anilines is 1. The van der Waals surface area contributed by atoms with E-state index in [0.717, 1.165) is 25.1 Å². The number of carbonyl (C=O) groups excluding carboxylic acids is 1. The minimum absolute atomic E-state index is 0.0431. The van der Waals surface area contributed by atoms with Crippen molar-refractivity contribution < 1.29 is 9.53 Å². The summed E-state index contributed by atoms with van der Waals surface area (Å²) in [5.41, 5.74) is 7.69. The molecular formula is C15H22N2O2. The standard InChI is InChI=1S/C15H22N2O2/c1-19-9-8-15(6-7-15)11-17-14(18)10-12-4-2-3-5-13(12)16/h2-5H,6-11,16H2,1H3,(H,17,18). The van der Waals surface area contributed by atoms with Crippen molar-refractivity contribution in [2.75, 3.05) is 26.0 Å². The average molecular weight is 262 g/mol. The predicted octanol–water partition coefficient (Wildman–Crippen LogP) is 1.74. The maximum Gasteiger partial charge on any atom is 0.224 e. The van der Waals surface area contributed by atoms with E-state index in [0.29, 0.717) is 12.1 Å². The Bertz CT molecular complexity index is 442. The number of carbonyl (C=O) groups is 1. The van der Waals surface area contributed by atoms with Crippen LogP contribution in [0.3, 0.4) is 0 Å². The smallest absolute Gasteiger partial charge is 0.224 e. The second kappa shape index (κ2) is 6.06. The lowest BCUT2D eigenvalue weighted by molar-refractivity contribution is -0.120. The van der Waals surface area contributed by atoms with Gasteiger partial charge in [0.05, 0.1) is 6.42 Å². The van der Waals surface area contributed by atoms with Gasteiger partial charge in [-0.05, 0) is 36.3 Å². The number of benzene rings is 1. The Labute approximate surface area is 114 Å². The molecule has 1 aromatic rings. The number of methoxy groups -OCH3 is 1. The number of amides is 1. The van der Waals surface area contributed by atoms with Crippen molar-refractivity contribution in [1.29, 1.82) is 0 Å². The van der Waals surface area contributed by atoms with E-state index in [2.05, 4.69) is 5.32 Å². The zero-order chi connectivity index (χ0) is 13.7. The highest BCUT2D eigenvalue weighted by atomic mass is 16.5. The molecule has 104 valence electrons. The van der Waals surface area contributed by atoms with E-state index in [9.17, 15) is 4.79 Å². The first-order valence-corrected chi connectivity index (χ1v) is 6.74. The molecular weight excluding hydrogens is 240 g/mol. The van der Waals surface area contributed by atoms with Crippen LogP contribution < -0.4 is 11.1 Å². The molecule has 2 rings (SSSR count). The van der Waals surface area contributed by atoms with Crippen LogP contribution in [0, 0.1) is 5.41 Å². The lowest BCUT2D eigenvalue weighted by atomic mass is 10.0. The van der Waals surface area contributed by atoms with Crippen LogP contribution >= 0.6 is 0 Å². The van der Waals surface area contributed by atoms with Gasteiger partial charge in [0.1, 0.15) is 0 Å². The molecule has 0 unspecified atom stereocenters. The molecule has 19 heavy (non-hydrogen) atoms. The first-order chi connectivity index (χ1) is 9.15. The summed E-state index contributed by atoms with van der Waals surface area (Å²) in [7, 11) is 1.72. The average Bonchev–Trinajstić information content (AvgIpc) is 3.18. The maximum atomic E-state index is 11.9. The lowest BCUT2D eigenvalue weighted by Crippen LogP contribution is -2.32. The van der Waals surface area contributed by atoms with Gasteiger partial charge in [-0.1, -0.05) is 18.2 Å². The van der Waals surface area contributed by atoms with Gasteiger partial charge in [0.15, 0.2) is 0 Å². The van der Waals surface area contributed by atoms with Crippen LogP contribution in [0.4, 0.5) is 5.69 Å². The monoisotopic (exact) mass is 262 g/mol. The highest BCUT2D eigenvalue weighted by molar-refractivity contribution is 5.80. The highest BCUT2D eigenvalue weighted by Crippen LogP contribution is 2.48. The molecule has 0 aromatic heterocycles. The van der Waals surface area contributed by atoms with E-state index in [1.54, 1.807) is 7.11 Å². The zero-order valence-electron chi connectivity index (χ0n) is 11.4. The number of ether oxygens (including phenoxy) is 1. The summed E-state index contributed by atoms with van der Waals surface area (Å²) in [4.78, 5) is 11.9. The van der Waals surface area contributed by atoms with Crippen LogP contribution in [-0.2, 0) is 16.0 Å². The predicted molar refractivity (Wildman–Crippen MR) is 75.7 cm³/mol. The summed E-state index contributed by atoms with van der Waals surface area (Å²) < 4.78 is 5.11. The molecule has 0 atom stereocenters. The molecule has 1 aliphatic carbocycles. The van der Waals surface area contributed by atoms with Crippen molar-refractivity contribution in [2.45, 2.75) is 25.7 Å². The first kappa shape index (κ1) is 13.9. The zero-order valence-corrected chi connectivity index (χ0v) is 11.4. The molecule has 1 aromatic carbocycles. The molecule has 0 spiro atoms. The van der Waals surface area contributed by atoms with Crippen LogP contribution in [0.1, 0.15) is 24.8 Å². The van der Waals surface area contributed by atoms with Gasteiger partial charge in [-0.25, -0.2) is 0 Å². The van der Waals surface area contributed by atoms with E-state index in [1.807, 2.05) is 24.3 Å². The maximum absolute atomic E-state index is 11.9. The molecule has 0 radical (unpaired) electrons. The molecule has 0 aliphatic heterocycles. The molecule has 1 saturated carbocycles. The third-order valence-electron chi connectivity index (χ3n) is 3.86. The van der Waals surface area contributed by atoms with Gasteiger partial charge in [0, 0.05) is 25.9 Å². The van der Waals surface area contributed by atoms with Crippen LogP contribution in [0.25, 0.3) is 0 Å². The van der Waals surface area contributed by atoms with Crippen molar-refractivity contribution in [2.24, 2.45) is 5.41 Å². The molecule has 1 fully saturated rings. The van der Waals surface area contributed by atoms with Crippen LogP contribution in [0.5, 0.6) is 0 Å². The number of nitrogens with one attached hydrogen (secondary N) is 1. The largest absolute Gasteiger partial charge is 0.398 e. The van der Waals surface area contributed by atoms with Crippen LogP contribution in [0.15, 0.2) is 24.3 Å². The quantitative estimate of drug-likeness (QED) is 0.736. The van der Waals surface area contributed by atoms with Gasteiger partial charge >= 0.3 is 0 Å². The van der Waals surface area contributed by atoms with Gasteiger partial charge in [-0.15, -0.1) is 0 Å². The van der Waals surface area contributed by atoms with Gasteiger partial charge in [0.25, 0.3) is 0 Å². The third-order valence-corrected chi connectivity index (χ3v) is 3.86. The Kier molecular flexibility index (Phi) is 4.43. The van der Waals surface area contributed by atoms with Crippen LogP contribution in [0.2, 0.25) is 0 Å². The summed E-state index contributed by atoms with van der Waals surface area (Å²) in [6, 6.07) is 7.50. The number of hydrogen-bond donors (Lipinski definition) is 2. The first-order valence-electron chi connectivity index (χ1n) is 6.74. The van der Waals surface area contributed by atoms with Crippen LogP contribution in [-0.4, -0.2) is 26.2 Å². The Morgan fingerprint density at radius 2 is 2.16 bits per heavy atom. The lowest BCUT2D eigenvalue weighted by Gasteiger charge is -2.15. The fourth-order valence-electron chi connectivity index (χ4n) is 2.23. The molecule has 0 heterocycles. The SMILES string of the molecule is COCCC1(CNC(=O)Cc2ccccc2N)CC1. The molecule has 1 aliphatic rings. The summed E-state index contributed by atoms with van der Waals surface area (Å²) in [5, 5.41) is 3.02. The van der Waals surface area contributed by atoms with E-state index in [4.69, 9.17) is 10.5 Å². The summed E-state index contributed by atoms with van der Waals surface area (Å²) in [5.74, 6) is 0.0431. The number of para-hydroxylation sites is 1. The molecule has 3 N–H and O–H groups in total. The van der Waals surface area contributed by atoms with Gasteiger partial charge in [-0.3, -0.25) is 4.79 Å². The van der Waals surface area contributed by atoms with Crippen molar-refractivity contribution in [3.05, 3.63) is 29.8 Å². The highest BCUT2D eigenvalue weighted by Gasteiger charge is 2.41. The molecule has 4 nitrogen and oxygen atoms in total. The number of nitrogens with two attached hydrogens (primary N) is 1. The minimum Gasteiger partial charge on any atom is -0.398 e. The molecule has 1 amide bonds. The van der Waals surface area contributed by atoms with Crippen molar-refractivity contribution in [3.63, 3.8) is 0 Å². The Morgan fingerprint density at radius 1 is 1.42 bits per heavy atom. The van der Waals surface area contributed by atoms with Crippen molar-refractivity contribution in [1.82, 2.24) is 5.32 Å². The number of rotatable bonds is 7. The molecule has 0 bridgehead atoms. The second-order valence-corrected chi connectivity index (χ2v) is 5.40. The van der Waals surface area contributed by atoms with Gasteiger partial charge in [-0.2, -0.15) is 0 Å². The Hall–Kier alpha value is -1.55. The Morgan fingerprint density at radius 3 is 2.79 bits per heavy atom. The normalized spacial score (nSPS) is 16.1. The van der Waals surface area contributed by atoms with E-state index >= 15 is 0 Å². The van der Waals surface area contributed by atoms with E-state index < -0.39 is 0 Å².